The van der Waals surface area contributed by atoms with Gasteiger partial charge in [-0.25, -0.2) is 4.39 Å². The summed E-state index contributed by atoms with van der Waals surface area (Å²) in [5.74, 6) is -0.145. The first-order valence-electron chi connectivity index (χ1n) is 12.9. The molecule has 2 aromatic rings. The van der Waals surface area contributed by atoms with E-state index >= 15 is 0 Å². The number of hydrogen-bond donors (Lipinski definition) is 0. The molecular weight excluding hydrogens is 429 g/mol. The van der Waals surface area contributed by atoms with Crippen molar-refractivity contribution in [3.8, 4) is 0 Å². The fourth-order valence-corrected chi connectivity index (χ4v) is 4.83. The third-order valence-electron chi connectivity index (χ3n) is 7.07. The van der Waals surface area contributed by atoms with E-state index in [9.17, 15) is 14.0 Å². The van der Waals surface area contributed by atoms with Crippen molar-refractivity contribution >= 4 is 11.8 Å². The van der Waals surface area contributed by atoms with Gasteiger partial charge in [0, 0.05) is 36.9 Å². The summed E-state index contributed by atoms with van der Waals surface area (Å²) in [6, 6.07) is 10.9. The van der Waals surface area contributed by atoms with E-state index in [1.807, 2.05) is 31.0 Å². The fourth-order valence-electron chi connectivity index (χ4n) is 4.83. The zero-order valence-corrected chi connectivity index (χ0v) is 21.0. The summed E-state index contributed by atoms with van der Waals surface area (Å²) in [5, 5.41) is 0. The molecule has 0 spiro atoms. The molecule has 1 heterocycles. The number of rotatable bonds is 11. The first-order chi connectivity index (χ1) is 16.4. The van der Waals surface area contributed by atoms with Crippen LogP contribution >= 0.6 is 0 Å². The molecule has 1 aromatic carbocycles. The quantitative estimate of drug-likeness (QED) is 0.420. The second-order valence-corrected chi connectivity index (χ2v) is 9.60. The van der Waals surface area contributed by atoms with Crippen LogP contribution in [0.4, 0.5) is 4.39 Å². The third kappa shape index (κ3) is 6.94. The van der Waals surface area contributed by atoms with E-state index in [0.29, 0.717) is 19.5 Å². The first-order valence-corrected chi connectivity index (χ1v) is 12.9. The molecule has 1 aliphatic carbocycles. The molecule has 1 saturated carbocycles. The Bertz CT molecular complexity index is 918. The highest BCUT2D eigenvalue weighted by Gasteiger charge is 2.30. The maximum Gasteiger partial charge on any atom is 0.242 e. The number of hydrogen-bond acceptors (Lipinski definition) is 2. The molecule has 186 valence electrons. The zero-order chi connectivity index (χ0) is 24.5. The number of amides is 2. The maximum atomic E-state index is 13.7. The Labute approximate surface area is 203 Å². The summed E-state index contributed by atoms with van der Waals surface area (Å²) < 4.78 is 15.5. The maximum absolute atomic E-state index is 13.7. The van der Waals surface area contributed by atoms with Gasteiger partial charge in [0.15, 0.2) is 0 Å². The molecule has 5 nitrogen and oxygen atoms in total. The van der Waals surface area contributed by atoms with Crippen LogP contribution < -0.4 is 0 Å². The van der Waals surface area contributed by atoms with Crippen LogP contribution in [0, 0.1) is 5.82 Å². The highest BCUT2D eigenvalue weighted by Crippen LogP contribution is 2.25. The summed E-state index contributed by atoms with van der Waals surface area (Å²) in [6.07, 6.45) is 9.60. The lowest BCUT2D eigenvalue weighted by Gasteiger charge is -2.37. The van der Waals surface area contributed by atoms with E-state index in [0.717, 1.165) is 49.8 Å². The molecule has 6 heteroatoms. The highest BCUT2D eigenvalue weighted by molar-refractivity contribution is 5.85. The zero-order valence-electron chi connectivity index (χ0n) is 21.0. The summed E-state index contributed by atoms with van der Waals surface area (Å²) in [6.45, 7) is 7.38. The number of carbonyl (C=O) groups is 2. The van der Waals surface area contributed by atoms with Crippen molar-refractivity contribution in [2.45, 2.75) is 97.3 Å². The van der Waals surface area contributed by atoms with Crippen LogP contribution in [0.3, 0.4) is 0 Å². The van der Waals surface area contributed by atoms with Crippen molar-refractivity contribution in [3.05, 3.63) is 59.7 Å². The van der Waals surface area contributed by atoms with Crippen LogP contribution in [-0.4, -0.2) is 44.8 Å². The molecule has 1 aliphatic rings. The first kappa shape index (κ1) is 26.0. The van der Waals surface area contributed by atoms with Crippen molar-refractivity contribution in [2.75, 3.05) is 6.54 Å². The van der Waals surface area contributed by atoms with Gasteiger partial charge in [0.05, 0.1) is 6.54 Å². The van der Waals surface area contributed by atoms with E-state index in [2.05, 4.69) is 17.6 Å². The Morgan fingerprint density at radius 1 is 1.06 bits per heavy atom. The standard InChI is InChI=1S/C28H40FN3O2/c1-4-10-27(33)31(22(3)5-2)21-28(34)32(25-11-7-6-8-12-25)20-26-13-9-18-30(26)19-23-14-16-24(29)17-15-23/h9,13-18,22,25H,4-8,10-12,19-21H2,1-3H3. The average molecular weight is 470 g/mol. The van der Waals surface area contributed by atoms with Gasteiger partial charge in [-0.15, -0.1) is 0 Å². The Kier molecular flexibility index (Phi) is 9.73. The SMILES string of the molecule is CCCC(=O)N(CC(=O)N(Cc1cccn1Cc1ccc(F)cc1)C1CCCCC1)C(C)CC. The molecule has 0 bridgehead atoms. The van der Waals surface area contributed by atoms with Crippen molar-refractivity contribution in [1.82, 2.24) is 14.4 Å². The van der Waals surface area contributed by atoms with Crippen molar-refractivity contribution < 1.29 is 14.0 Å². The van der Waals surface area contributed by atoms with E-state index in [1.165, 1.54) is 18.6 Å². The van der Waals surface area contributed by atoms with Crippen LogP contribution in [0.15, 0.2) is 42.6 Å². The summed E-state index contributed by atoms with van der Waals surface area (Å²) in [4.78, 5) is 30.3. The van der Waals surface area contributed by atoms with Gasteiger partial charge in [0.1, 0.15) is 12.4 Å². The van der Waals surface area contributed by atoms with Gasteiger partial charge in [-0.1, -0.05) is 45.2 Å². The van der Waals surface area contributed by atoms with Crippen molar-refractivity contribution in [2.24, 2.45) is 0 Å². The molecule has 3 rings (SSSR count). The Hall–Kier alpha value is -2.63. The minimum Gasteiger partial charge on any atom is -0.345 e. The highest BCUT2D eigenvalue weighted by atomic mass is 19.1. The minimum atomic E-state index is -0.242. The third-order valence-corrected chi connectivity index (χ3v) is 7.07. The van der Waals surface area contributed by atoms with Crippen LogP contribution in [-0.2, 0) is 22.7 Å². The molecule has 2 amide bonds. The molecule has 0 N–H and O–H groups in total. The van der Waals surface area contributed by atoms with E-state index in [-0.39, 0.29) is 36.3 Å². The number of aromatic nitrogens is 1. The smallest absolute Gasteiger partial charge is 0.242 e. The number of nitrogens with zero attached hydrogens (tertiary/aromatic N) is 3. The fraction of sp³-hybridized carbons (Fsp3) is 0.571. The van der Waals surface area contributed by atoms with Crippen LogP contribution in [0.25, 0.3) is 0 Å². The lowest BCUT2D eigenvalue weighted by atomic mass is 9.94. The van der Waals surface area contributed by atoms with Gasteiger partial charge in [-0.05, 0) is 62.4 Å². The largest absolute Gasteiger partial charge is 0.345 e. The molecule has 0 aliphatic heterocycles. The van der Waals surface area contributed by atoms with Gasteiger partial charge >= 0.3 is 0 Å². The van der Waals surface area contributed by atoms with Crippen LogP contribution in [0.5, 0.6) is 0 Å². The predicted molar refractivity (Wildman–Crippen MR) is 134 cm³/mol. The van der Waals surface area contributed by atoms with E-state index < -0.39 is 0 Å². The van der Waals surface area contributed by atoms with Crippen LogP contribution in [0.1, 0.15) is 83.4 Å². The molecule has 1 aromatic heterocycles. The molecule has 1 unspecified atom stereocenters. The minimum absolute atomic E-state index is 0.0335. The monoisotopic (exact) mass is 469 g/mol. The average Bonchev–Trinajstić information content (AvgIpc) is 3.29. The molecule has 1 fully saturated rings. The van der Waals surface area contributed by atoms with Gasteiger partial charge in [0.25, 0.3) is 0 Å². The van der Waals surface area contributed by atoms with Crippen molar-refractivity contribution in [3.63, 3.8) is 0 Å². The lowest BCUT2D eigenvalue weighted by molar-refractivity contribution is -0.144. The second-order valence-electron chi connectivity index (χ2n) is 9.60. The molecule has 1 atom stereocenters. The lowest BCUT2D eigenvalue weighted by Crippen LogP contribution is -2.49. The predicted octanol–water partition coefficient (Wildman–Crippen LogP) is 5.76. The second kappa shape index (κ2) is 12.7. The van der Waals surface area contributed by atoms with Crippen molar-refractivity contribution in [1.29, 1.82) is 0 Å². The van der Waals surface area contributed by atoms with E-state index in [4.69, 9.17) is 0 Å². The number of benzene rings is 1. The van der Waals surface area contributed by atoms with E-state index in [1.54, 1.807) is 17.0 Å². The molecular formula is C28H40FN3O2. The molecule has 34 heavy (non-hydrogen) atoms. The van der Waals surface area contributed by atoms with Gasteiger partial charge in [-0.3, -0.25) is 9.59 Å². The molecule has 0 radical (unpaired) electrons. The van der Waals surface area contributed by atoms with Crippen LogP contribution in [0.2, 0.25) is 0 Å². The molecule has 0 saturated heterocycles. The van der Waals surface area contributed by atoms with Gasteiger partial charge in [-0.2, -0.15) is 0 Å². The summed E-state index contributed by atoms with van der Waals surface area (Å²) >= 11 is 0. The van der Waals surface area contributed by atoms with Gasteiger partial charge in [0.2, 0.25) is 11.8 Å². The van der Waals surface area contributed by atoms with Gasteiger partial charge < -0.3 is 14.4 Å². The normalized spacial score (nSPS) is 15.2. The Balaban J connectivity index is 1.80. The number of carbonyl (C=O) groups excluding carboxylic acids is 2. The Morgan fingerprint density at radius 3 is 2.41 bits per heavy atom. The summed E-state index contributed by atoms with van der Waals surface area (Å²) in [5.41, 5.74) is 2.07. The summed E-state index contributed by atoms with van der Waals surface area (Å²) in [7, 11) is 0. The topological polar surface area (TPSA) is 45.6 Å². The number of halogens is 1. The Morgan fingerprint density at radius 2 is 1.76 bits per heavy atom.